The highest BCUT2D eigenvalue weighted by Gasteiger charge is 2.52. The highest BCUT2D eigenvalue weighted by molar-refractivity contribution is 5.97. The predicted molar refractivity (Wildman–Crippen MR) is 295 cm³/mol. The minimum Gasteiger partial charge on any atom is -0.345 e. The first-order valence-electron chi connectivity index (χ1n) is 24.5. The van der Waals surface area contributed by atoms with Crippen molar-refractivity contribution in [3.63, 3.8) is 0 Å². The number of fused-ring (bicyclic) bond motifs is 13. The van der Waals surface area contributed by atoms with Gasteiger partial charge in [0.25, 0.3) is 0 Å². The van der Waals surface area contributed by atoms with Crippen molar-refractivity contribution in [2.24, 2.45) is 0 Å². The zero-order valence-electron chi connectivity index (χ0n) is 40.0. The minimum absolute atomic E-state index is 0.149. The molecule has 10 aromatic carbocycles. The Labute approximate surface area is 412 Å². The third-order valence-corrected chi connectivity index (χ3v) is 15.8. The van der Waals surface area contributed by atoms with Gasteiger partial charge in [0, 0.05) is 40.9 Å². The van der Waals surface area contributed by atoms with E-state index in [1.807, 2.05) is 6.08 Å². The van der Waals surface area contributed by atoms with Crippen LogP contribution >= 0.6 is 0 Å². The molecule has 1 atom stereocenters. The number of rotatable bonds is 8. The largest absolute Gasteiger partial charge is 0.345 e. The van der Waals surface area contributed by atoms with Crippen molar-refractivity contribution < 1.29 is 0 Å². The molecule has 334 valence electrons. The van der Waals surface area contributed by atoms with Crippen LogP contribution in [-0.4, -0.2) is 7.05 Å². The van der Waals surface area contributed by atoms with E-state index in [4.69, 9.17) is 0 Å². The molecule has 0 saturated carbocycles. The van der Waals surface area contributed by atoms with Crippen molar-refractivity contribution in [3.8, 4) is 55.6 Å². The SMILES string of the molecule is C=Cc1ccc(-c2ccc(N(c3ccc4c(c3)C(C)(C)c3ccccc3-4)c3ccc4c(c3)C3(c5ccccc5-c5ccc(N(C)c6ccc(-c7ccc(C)cc7)cc6)cc53)c3ccccc3-4)cc2)cc1. The maximum Gasteiger partial charge on any atom is 0.0727 e. The van der Waals surface area contributed by atoms with Gasteiger partial charge in [-0.15, -0.1) is 0 Å². The van der Waals surface area contributed by atoms with Gasteiger partial charge < -0.3 is 9.80 Å². The van der Waals surface area contributed by atoms with Gasteiger partial charge in [0.15, 0.2) is 0 Å². The van der Waals surface area contributed by atoms with Gasteiger partial charge in [-0.1, -0.05) is 196 Å². The molecule has 13 rings (SSSR count). The molecule has 3 aliphatic rings. The molecule has 0 amide bonds. The van der Waals surface area contributed by atoms with Crippen molar-refractivity contribution in [2.75, 3.05) is 16.8 Å². The first kappa shape index (κ1) is 41.7. The van der Waals surface area contributed by atoms with Crippen molar-refractivity contribution in [1.29, 1.82) is 0 Å². The highest BCUT2D eigenvalue weighted by Crippen LogP contribution is 2.64. The number of hydrogen-bond acceptors (Lipinski definition) is 2. The summed E-state index contributed by atoms with van der Waals surface area (Å²) in [6.07, 6.45) is 1.90. The van der Waals surface area contributed by atoms with E-state index in [1.165, 1.54) is 94.6 Å². The van der Waals surface area contributed by atoms with Crippen LogP contribution in [-0.2, 0) is 10.8 Å². The molecule has 70 heavy (non-hydrogen) atoms. The smallest absolute Gasteiger partial charge is 0.0727 e. The molecule has 0 aliphatic heterocycles. The Hall–Kier alpha value is -8.46. The van der Waals surface area contributed by atoms with Crippen LogP contribution in [0.15, 0.2) is 231 Å². The number of aryl methyl sites for hydroxylation is 1. The molecular weight excluding hydrogens is 845 g/mol. The lowest BCUT2D eigenvalue weighted by Gasteiger charge is -2.33. The minimum atomic E-state index is -0.547. The van der Waals surface area contributed by atoms with E-state index in [0.717, 1.165) is 34.0 Å². The van der Waals surface area contributed by atoms with E-state index >= 15 is 0 Å². The Morgan fingerprint density at radius 1 is 0.357 bits per heavy atom. The Kier molecular flexibility index (Phi) is 9.41. The maximum absolute atomic E-state index is 3.97. The quantitative estimate of drug-likeness (QED) is 0.150. The molecule has 2 heteroatoms. The average Bonchev–Trinajstić information content (AvgIpc) is 3.97. The van der Waals surface area contributed by atoms with Crippen molar-refractivity contribution in [2.45, 2.75) is 31.6 Å². The summed E-state index contributed by atoms with van der Waals surface area (Å²) in [7, 11) is 2.20. The normalized spacial score (nSPS) is 15.1. The van der Waals surface area contributed by atoms with Gasteiger partial charge in [-0.05, 0) is 162 Å². The summed E-state index contributed by atoms with van der Waals surface area (Å²) >= 11 is 0. The summed E-state index contributed by atoms with van der Waals surface area (Å²) in [5, 5.41) is 0. The lowest BCUT2D eigenvalue weighted by Crippen LogP contribution is -2.26. The second kappa shape index (κ2) is 15.8. The van der Waals surface area contributed by atoms with E-state index < -0.39 is 5.41 Å². The fourth-order valence-corrected chi connectivity index (χ4v) is 12.1. The maximum atomic E-state index is 3.97. The van der Waals surface area contributed by atoms with Crippen LogP contribution in [0, 0.1) is 6.92 Å². The zero-order chi connectivity index (χ0) is 47.3. The second-order valence-electron chi connectivity index (χ2n) is 19.9. The second-order valence-corrected chi connectivity index (χ2v) is 19.9. The molecule has 0 fully saturated rings. The Morgan fingerprint density at radius 2 is 0.729 bits per heavy atom. The van der Waals surface area contributed by atoms with Gasteiger partial charge in [0.05, 0.1) is 5.41 Å². The van der Waals surface area contributed by atoms with Gasteiger partial charge >= 0.3 is 0 Å². The highest BCUT2D eigenvalue weighted by atomic mass is 15.1. The van der Waals surface area contributed by atoms with E-state index in [2.05, 4.69) is 269 Å². The third-order valence-electron chi connectivity index (χ3n) is 15.8. The van der Waals surface area contributed by atoms with Gasteiger partial charge in [-0.3, -0.25) is 0 Å². The topological polar surface area (TPSA) is 6.48 Å². The van der Waals surface area contributed by atoms with Crippen LogP contribution in [0.4, 0.5) is 28.4 Å². The molecule has 0 bridgehead atoms. The van der Waals surface area contributed by atoms with Crippen molar-refractivity contribution in [3.05, 3.63) is 276 Å². The standard InChI is InChI=1S/C68H52N2/c1-6-45-21-25-47(26-22-45)49-29-33-51(34-30-49)70(53-36-39-58-55-13-7-10-16-61(55)67(3,4)64(58)42-53)54-37-40-60-57-15-9-12-18-63(57)68(66(60)43-54)62-17-11-8-14-56(62)59-38-35-52(41-65(59)68)69(5)50-31-27-48(28-32-50)46-23-19-44(2)20-24-46/h6-43H,1H2,2-5H3. The molecule has 1 unspecified atom stereocenters. The Morgan fingerprint density at radius 3 is 1.26 bits per heavy atom. The Bertz CT molecular complexity index is 3690. The first-order chi connectivity index (χ1) is 34.2. The van der Waals surface area contributed by atoms with Crippen LogP contribution in [0.25, 0.3) is 61.7 Å². The van der Waals surface area contributed by atoms with Gasteiger partial charge in [-0.25, -0.2) is 0 Å². The van der Waals surface area contributed by atoms with Crippen LogP contribution in [0.3, 0.4) is 0 Å². The Balaban J connectivity index is 0.983. The molecule has 0 heterocycles. The third kappa shape index (κ3) is 6.19. The van der Waals surface area contributed by atoms with Crippen LogP contribution in [0.5, 0.6) is 0 Å². The lowest BCUT2D eigenvalue weighted by atomic mass is 9.70. The number of anilines is 5. The summed E-state index contributed by atoms with van der Waals surface area (Å²) in [4.78, 5) is 4.81. The summed E-state index contributed by atoms with van der Waals surface area (Å²) in [6, 6.07) is 84.2. The van der Waals surface area contributed by atoms with Crippen LogP contribution < -0.4 is 9.80 Å². The molecular formula is C68H52N2. The predicted octanol–water partition coefficient (Wildman–Crippen LogP) is 17.9. The molecule has 3 aliphatic carbocycles. The summed E-state index contributed by atoms with van der Waals surface area (Å²) < 4.78 is 0. The summed E-state index contributed by atoms with van der Waals surface area (Å²) in [6.45, 7) is 10.8. The monoisotopic (exact) mass is 896 g/mol. The van der Waals surface area contributed by atoms with Gasteiger partial charge in [0.1, 0.15) is 0 Å². The molecule has 2 nitrogen and oxygen atoms in total. The van der Waals surface area contributed by atoms with E-state index in [0.29, 0.717) is 0 Å². The van der Waals surface area contributed by atoms with Gasteiger partial charge in [0.2, 0.25) is 0 Å². The average molecular weight is 897 g/mol. The molecule has 0 radical (unpaired) electrons. The van der Waals surface area contributed by atoms with E-state index in [9.17, 15) is 0 Å². The molecule has 0 aromatic heterocycles. The lowest BCUT2D eigenvalue weighted by molar-refractivity contribution is 0.660. The van der Waals surface area contributed by atoms with E-state index in [1.54, 1.807) is 0 Å². The fraction of sp³-hybridized carbons (Fsp3) is 0.0882. The van der Waals surface area contributed by atoms with Crippen molar-refractivity contribution >= 4 is 34.5 Å². The molecule has 1 spiro atoms. The van der Waals surface area contributed by atoms with Crippen LogP contribution in [0.2, 0.25) is 0 Å². The number of hydrogen-bond donors (Lipinski definition) is 0. The molecule has 10 aromatic rings. The van der Waals surface area contributed by atoms with Crippen molar-refractivity contribution in [1.82, 2.24) is 0 Å². The zero-order valence-corrected chi connectivity index (χ0v) is 40.0. The summed E-state index contributed by atoms with van der Waals surface area (Å²) in [5.74, 6) is 0. The molecule has 0 N–H and O–H groups in total. The fourth-order valence-electron chi connectivity index (χ4n) is 12.1. The summed E-state index contributed by atoms with van der Waals surface area (Å²) in [5.41, 5.74) is 27.9. The van der Waals surface area contributed by atoms with Gasteiger partial charge in [-0.2, -0.15) is 0 Å². The van der Waals surface area contributed by atoms with Crippen LogP contribution in [0.1, 0.15) is 58.4 Å². The first-order valence-corrected chi connectivity index (χ1v) is 24.5. The number of benzene rings is 10. The molecule has 0 saturated heterocycles. The van der Waals surface area contributed by atoms with E-state index in [-0.39, 0.29) is 5.41 Å². The number of nitrogens with zero attached hydrogens (tertiary/aromatic N) is 2.